The maximum Gasteiger partial charge on any atom is 0.252 e. The molecule has 0 aliphatic carbocycles. The summed E-state index contributed by atoms with van der Waals surface area (Å²) in [6.07, 6.45) is 3.40. The van der Waals surface area contributed by atoms with Crippen LogP contribution in [0, 0.1) is 5.82 Å². The Bertz CT molecular complexity index is 1190. The number of carbonyl (C=O) groups is 2. The predicted octanol–water partition coefficient (Wildman–Crippen LogP) is 4.02. The molecular formula is C26H27FN4O2. The van der Waals surface area contributed by atoms with Crippen LogP contribution >= 0.6 is 0 Å². The van der Waals surface area contributed by atoms with E-state index in [2.05, 4.69) is 4.98 Å². The molecule has 0 N–H and O–H groups in total. The molecule has 0 saturated carbocycles. The molecule has 6 nitrogen and oxygen atoms in total. The third kappa shape index (κ3) is 4.49. The van der Waals surface area contributed by atoms with Crippen LogP contribution in [-0.2, 0) is 24.1 Å². The smallest absolute Gasteiger partial charge is 0.252 e. The number of amides is 1. The first-order valence-corrected chi connectivity index (χ1v) is 10.9. The minimum absolute atomic E-state index is 0.00634. The van der Waals surface area contributed by atoms with E-state index in [0.717, 1.165) is 29.2 Å². The zero-order chi connectivity index (χ0) is 23.8. The number of fused-ring (bicyclic) bond motifs is 1. The number of rotatable bonds is 6. The van der Waals surface area contributed by atoms with E-state index in [1.165, 1.54) is 24.3 Å². The van der Waals surface area contributed by atoms with Gasteiger partial charge >= 0.3 is 0 Å². The summed E-state index contributed by atoms with van der Waals surface area (Å²) in [5.41, 5.74) is 2.57. The molecule has 0 unspecified atom stereocenters. The van der Waals surface area contributed by atoms with Crippen molar-refractivity contribution in [1.29, 1.82) is 0 Å². The first kappa shape index (κ1) is 22.6. The molecular weight excluding hydrogens is 419 g/mol. The van der Waals surface area contributed by atoms with Crippen LogP contribution in [0.5, 0.6) is 0 Å². The van der Waals surface area contributed by atoms with Gasteiger partial charge in [0, 0.05) is 32.5 Å². The molecule has 1 aliphatic heterocycles. The van der Waals surface area contributed by atoms with Gasteiger partial charge in [-0.05, 0) is 55.7 Å². The molecule has 4 rings (SSSR count). The second-order valence-electron chi connectivity index (χ2n) is 8.90. The Morgan fingerprint density at radius 3 is 2.27 bits per heavy atom. The maximum absolute atomic E-state index is 13.0. The highest BCUT2D eigenvalue weighted by molar-refractivity contribution is 6.06. The van der Waals surface area contributed by atoms with Gasteiger partial charge in [0.05, 0.1) is 6.20 Å². The number of hydrogen-bond donors (Lipinski definition) is 0. The third-order valence-corrected chi connectivity index (χ3v) is 6.34. The monoisotopic (exact) mass is 446 g/mol. The van der Waals surface area contributed by atoms with Crippen molar-refractivity contribution in [3.8, 4) is 0 Å². The minimum Gasteiger partial charge on any atom is -0.344 e. The van der Waals surface area contributed by atoms with Crippen molar-refractivity contribution in [2.24, 2.45) is 0 Å². The lowest BCUT2D eigenvalue weighted by Gasteiger charge is -2.43. The molecule has 0 bridgehead atoms. The number of likely N-dealkylation sites (N-methyl/N-ethyl adjacent to an activating group) is 2. The largest absolute Gasteiger partial charge is 0.344 e. The van der Waals surface area contributed by atoms with Crippen LogP contribution < -0.4 is 9.80 Å². The second-order valence-corrected chi connectivity index (χ2v) is 8.90. The summed E-state index contributed by atoms with van der Waals surface area (Å²) >= 11 is 0. The molecule has 33 heavy (non-hydrogen) atoms. The summed E-state index contributed by atoms with van der Waals surface area (Å²) in [7, 11) is 3.63. The van der Waals surface area contributed by atoms with E-state index in [1.54, 1.807) is 18.1 Å². The van der Waals surface area contributed by atoms with Gasteiger partial charge in [-0.15, -0.1) is 0 Å². The lowest BCUT2D eigenvalue weighted by molar-refractivity contribution is -0.122. The number of carbonyl (C=O) groups excluding carboxylic acids is 2. The molecule has 0 spiro atoms. The average Bonchev–Trinajstić information content (AvgIpc) is 2.81. The van der Waals surface area contributed by atoms with Crippen molar-refractivity contribution in [3.05, 3.63) is 83.1 Å². The molecule has 1 amide bonds. The van der Waals surface area contributed by atoms with Crippen LogP contribution in [0.4, 0.5) is 15.9 Å². The molecule has 7 heteroatoms. The number of halogens is 1. The number of Topliss-reactive ketones (excluding diaryl/α,β-unsaturated/α-hetero) is 1. The third-order valence-electron chi connectivity index (χ3n) is 6.34. The first-order chi connectivity index (χ1) is 15.7. The molecule has 170 valence electrons. The average molecular weight is 447 g/mol. The molecule has 0 atom stereocenters. The summed E-state index contributed by atoms with van der Waals surface area (Å²) in [6.45, 7) is 3.78. The van der Waals surface area contributed by atoms with Gasteiger partial charge in [-0.1, -0.05) is 24.3 Å². The topological polar surface area (TPSA) is 66.4 Å². The molecule has 2 aromatic carbocycles. The number of aryl methyl sites for hydroxylation is 2. The van der Waals surface area contributed by atoms with E-state index in [9.17, 15) is 14.0 Å². The van der Waals surface area contributed by atoms with Crippen molar-refractivity contribution in [2.75, 3.05) is 23.9 Å². The predicted molar refractivity (Wildman–Crippen MR) is 126 cm³/mol. The van der Waals surface area contributed by atoms with Gasteiger partial charge in [-0.25, -0.2) is 14.4 Å². The number of ketones is 1. The van der Waals surface area contributed by atoms with Crippen molar-refractivity contribution in [2.45, 2.75) is 38.6 Å². The Morgan fingerprint density at radius 2 is 1.61 bits per heavy atom. The van der Waals surface area contributed by atoms with Crippen LogP contribution in [-0.4, -0.2) is 41.3 Å². The van der Waals surface area contributed by atoms with E-state index in [4.69, 9.17) is 4.98 Å². The van der Waals surface area contributed by atoms with E-state index >= 15 is 0 Å². The lowest BCUT2D eigenvalue weighted by Crippen LogP contribution is -2.58. The van der Waals surface area contributed by atoms with E-state index in [0.29, 0.717) is 17.7 Å². The van der Waals surface area contributed by atoms with Crippen LogP contribution in [0.2, 0.25) is 0 Å². The molecule has 0 radical (unpaired) electrons. The Hall–Kier alpha value is -3.61. The number of nitrogens with zero attached hydrogens (tertiary/aromatic N) is 4. The van der Waals surface area contributed by atoms with Gasteiger partial charge in [0.2, 0.25) is 0 Å². The molecule has 0 saturated heterocycles. The highest BCUT2D eigenvalue weighted by atomic mass is 19.1. The van der Waals surface area contributed by atoms with Gasteiger partial charge in [0.15, 0.2) is 11.6 Å². The van der Waals surface area contributed by atoms with Crippen LogP contribution in [0.1, 0.15) is 41.2 Å². The fraction of sp³-hybridized carbons (Fsp3) is 0.308. The molecule has 1 aromatic heterocycles. The van der Waals surface area contributed by atoms with Crippen molar-refractivity contribution < 1.29 is 14.0 Å². The molecule has 2 heterocycles. The van der Waals surface area contributed by atoms with E-state index in [1.807, 2.05) is 50.1 Å². The standard InChI is InChI=1S/C26H27FN4O2/c1-26(2)25(33)30(3)21-16-28-23(29-24(21)31(26)4)14-9-17-5-7-18(8-6-17)15-22(32)19-10-12-20(27)13-11-19/h5-8,10-13,16H,9,14-15H2,1-4H3. The van der Waals surface area contributed by atoms with Gasteiger partial charge in [0.1, 0.15) is 22.9 Å². The summed E-state index contributed by atoms with van der Waals surface area (Å²) in [5, 5.41) is 0. The minimum atomic E-state index is -0.672. The summed E-state index contributed by atoms with van der Waals surface area (Å²) < 4.78 is 13.0. The number of aromatic nitrogens is 2. The van der Waals surface area contributed by atoms with Crippen LogP contribution in [0.3, 0.4) is 0 Å². The Morgan fingerprint density at radius 1 is 0.970 bits per heavy atom. The summed E-state index contributed by atoms with van der Waals surface area (Å²) in [4.78, 5) is 37.7. The fourth-order valence-corrected chi connectivity index (χ4v) is 3.94. The summed E-state index contributed by atoms with van der Waals surface area (Å²) in [6, 6.07) is 13.5. The second kappa shape index (κ2) is 8.73. The van der Waals surface area contributed by atoms with Gasteiger partial charge in [0.25, 0.3) is 5.91 Å². The number of hydrogen-bond acceptors (Lipinski definition) is 5. The molecule has 3 aromatic rings. The fourth-order valence-electron chi connectivity index (χ4n) is 3.94. The SMILES string of the molecule is CN1C(=O)C(C)(C)N(C)c2nc(CCc3ccc(CC(=O)c4ccc(F)cc4)cc3)ncc21. The van der Waals surface area contributed by atoms with Crippen molar-refractivity contribution >= 4 is 23.2 Å². The maximum atomic E-state index is 13.0. The zero-order valence-electron chi connectivity index (χ0n) is 19.3. The highest BCUT2D eigenvalue weighted by Crippen LogP contribution is 2.36. The number of anilines is 2. The first-order valence-electron chi connectivity index (χ1n) is 10.9. The van der Waals surface area contributed by atoms with Crippen LogP contribution in [0.25, 0.3) is 0 Å². The number of benzene rings is 2. The zero-order valence-corrected chi connectivity index (χ0v) is 19.3. The van der Waals surface area contributed by atoms with Gasteiger partial charge in [-0.3, -0.25) is 9.59 Å². The van der Waals surface area contributed by atoms with Gasteiger partial charge in [-0.2, -0.15) is 0 Å². The van der Waals surface area contributed by atoms with E-state index in [-0.39, 0.29) is 23.9 Å². The quantitative estimate of drug-likeness (QED) is 0.535. The van der Waals surface area contributed by atoms with Crippen molar-refractivity contribution in [1.82, 2.24) is 9.97 Å². The Balaban J connectivity index is 1.41. The molecule has 1 aliphatic rings. The molecule has 0 fully saturated rings. The lowest BCUT2D eigenvalue weighted by atomic mass is 9.98. The van der Waals surface area contributed by atoms with Crippen LogP contribution in [0.15, 0.2) is 54.7 Å². The summed E-state index contributed by atoms with van der Waals surface area (Å²) in [5.74, 6) is 1.08. The van der Waals surface area contributed by atoms with Crippen molar-refractivity contribution in [3.63, 3.8) is 0 Å². The Labute approximate surface area is 193 Å². The highest BCUT2D eigenvalue weighted by Gasteiger charge is 2.42. The van der Waals surface area contributed by atoms with Gasteiger partial charge < -0.3 is 9.80 Å². The van der Waals surface area contributed by atoms with E-state index < -0.39 is 5.54 Å². The normalized spacial score (nSPS) is 14.9. The Kier molecular flexibility index (Phi) is 5.97.